The normalized spacial score (nSPS) is 18.7. The summed E-state index contributed by atoms with van der Waals surface area (Å²) in [6, 6.07) is 5.09. The Bertz CT molecular complexity index is 1270. The second-order valence-electron chi connectivity index (χ2n) is 9.26. The van der Waals surface area contributed by atoms with Crippen LogP contribution in [0.15, 0.2) is 30.9 Å². The van der Waals surface area contributed by atoms with Crippen molar-refractivity contribution in [1.29, 1.82) is 0 Å². The number of H-pyrrole nitrogens is 1. The molecule has 0 radical (unpaired) electrons. The minimum atomic E-state index is -0.245. The van der Waals surface area contributed by atoms with E-state index in [0.29, 0.717) is 23.0 Å². The zero-order valence-corrected chi connectivity index (χ0v) is 19.6. The first-order chi connectivity index (χ1) is 16.5. The molecule has 1 fully saturated rings. The average molecular weight is 467 g/mol. The van der Waals surface area contributed by atoms with Gasteiger partial charge in [0.1, 0.15) is 29.7 Å². The predicted molar refractivity (Wildman–Crippen MR) is 129 cm³/mol. The molecule has 0 aliphatic carbocycles. The van der Waals surface area contributed by atoms with E-state index in [1.54, 1.807) is 12.4 Å². The smallest absolute Gasteiger partial charge is 0.167 e. The number of nitrogens with one attached hydrogen (secondary N) is 1. The zero-order chi connectivity index (χ0) is 23.7. The van der Waals surface area contributed by atoms with E-state index in [9.17, 15) is 4.39 Å². The number of aryl methyl sites for hydroxylation is 1. The second-order valence-corrected chi connectivity index (χ2v) is 9.26. The molecule has 1 aliphatic rings. The van der Waals surface area contributed by atoms with Gasteiger partial charge in [0.05, 0.1) is 23.5 Å². The molecule has 1 aromatic carbocycles. The first kappa shape index (κ1) is 22.7. The molecule has 2 atom stereocenters. The highest BCUT2D eigenvalue weighted by Crippen LogP contribution is 2.31. The summed E-state index contributed by atoms with van der Waals surface area (Å²) >= 11 is 0. The number of aromatic amines is 1. The molecule has 4 heterocycles. The third-order valence-electron chi connectivity index (χ3n) is 6.55. The van der Waals surface area contributed by atoms with E-state index in [4.69, 9.17) is 10.5 Å². The van der Waals surface area contributed by atoms with Crippen LogP contribution in [0.25, 0.3) is 22.2 Å². The van der Waals surface area contributed by atoms with Gasteiger partial charge < -0.3 is 15.5 Å². The van der Waals surface area contributed by atoms with Gasteiger partial charge in [-0.25, -0.2) is 24.3 Å². The minimum Gasteiger partial charge on any atom is -0.382 e. The number of fused-ring (bicyclic) bond motifs is 2. The summed E-state index contributed by atoms with van der Waals surface area (Å²) in [4.78, 5) is 23.0. The number of aromatic nitrogens is 6. The van der Waals surface area contributed by atoms with Crippen LogP contribution in [0, 0.1) is 5.82 Å². The molecule has 4 aromatic rings. The Morgan fingerprint density at radius 1 is 1.24 bits per heavy atom. The molecule has 10 heteroatoms. The van der Waals surface area contributed by atoms with Gasteiger partial charge >= 0.3 is 0 Å². The number of rotatable bonds is 9. The van der Waals surface area contributed by atoms with Crippen LogP contribution in [0.3, 0.4) is 0 Å². The SMILES string of the molecule is CC(C)N(CCCCc1nc2ccc(F)cc2[nH]1)CC1CCC(n2cnc3c(N)ncnc32)O1. The molecule has 3 N–H and O–H groups in total. The van der Waals surface area contributed by atoms with Crippen molar-refractivity contribution in [1.82, 2.24) is 34.4 Å². The number of hydrogen-bond acceptors (Lipinski definition) is 7. The Hall–Kier alpha value is -3.11. The number of unbranched alkanes of at least 4 members (excludes halogenated alkanes) is 1. The summed E-state index contributed by atoms with van der Waals surface area (Å²) in [5, 5.41) is 0. The molecule has 0 saturated carbocycles. The number of ether oxygens (including phenoxy) is 1. The van der Waals surface area contributed by atoms with E-state index in [1.165, 1.54) is 18.5 Å². The summed E-state index contributed by atoms with van der Waals surface area (Å²) in [7, 11) is 0. The number of nitrogen functional groups attached to an aromatic ring is 1. The van der Waals surface area contributed by atoms with Gasteiger partial charge in [0, 0.05) is 19.0 Å². The van der Waals surface area contributed by atoms with E-state index in [-0.39, 0.29) is 18.1 Å². The summed E-state index contributed by atoms with van der Waals surface area (Å²) in [5.74, 6) is 1.06. The fourth-order valence-corrected chi connectivity index (χ4v) is 4.69. The van der Waals surface area contributed by atoms with Gasteiger partial charge in [-0.3, -0.25) is 9.47 Å². The number of nitrogens with zero attached hydrogens (tertiary/aromatic N) is 6. The van der Waals surface area contributed by atoms with Crippen molar-refractivity contribution in [2.45, 2.75) is 64.3 Å². The fourth-order valence-electron chi connectivity index (χ4n) is 4.69. The number of anilines is 1. The number of halogens is 1. The fraction of sp³-hybridized carbons (Fsp3) is 0.500. The molecule has 0 amide bonds. The van der Waals surface area contributed by atoms with Gasteiger partial charge in [0.25, 0.3) is 0 Å². The molecule has 0 bridgehead atoms. The maximum absolute atomic E-state index is 13.4. The van der Waals surface area contributed by atoms with Gasteiger partial charge in [-0.05, 0) is 64.3 Å². The van der Waals surface area contributed by atoms with Gasteiger partial charge in [-0.1, -0.05) is 0 Å². The summed E-state index contributed by atoms with van der Waals surface area (Å²) in [6.45, 7) is 6.34. The van der Waals surface area contributed by atoms with Crippen molar-refractivity contribution in [3.8, 4) is 0 Å². The van der Waals surface area contributed by atoms with E-state index in [2.05, 4.69) is 43.7 Å². The average Bonchev–Trinajstić information content (AvgIpc) is 3.53. The highest BCUT2D eigenvalue weighted by atomic mass is 19.1. The van der Waals surface area contributed by atoms with E-state index in [0.717, 1.165) is 62.1 Å². The largest absolute Gasteiger partial charge is 0.382 e. The van der Waals surface area contributed by atoms with E-state index in [1.807, 2.05) is 4.57 Å². The molecule has 5 rings (SSSR count). The second kappa shape index (κ2) is 9.63. The quantitative estimate of drug-likeness (QED) is 0.361. The molecule has 34 heavy (non-hydrogen) atoms. The van der Waals surface area contributed by atoms with Gasteiger partial charge in [-0.2, -0.15) is 0 Å². The number of nitrogens with two attached hydrogens (primary N) is 1. The molecule has 9 nitrogen and oxygen atoms in total. The van der Waals surface area contributed by atoms with Crippen molar-refractivity contribution in [3.63, 3.8) is 0 Å². The molecule has 0 spiro atoms. The van der Waals surface area contributed by atoms with Crippen LogP contribution in [0.2, 0.25) is 0 Å². The summed E-state index contributed by atoms with van der Waals surface area (Å²) < 4.78 is 21.7. The van der Waals surface area contributed by atoms with Crippen LogP contribution in [-0.2, 0) is 11.2 Å². The lowest BCUT2D eigenvalue weighted by Crippen LogP contribution is -2.38. The van der Waals surface area contributed by atoms with E-state index < -0.39 is 0 Å². The first-order valence-corrected chi connectivity index (χ1v) is 11.9. The number of benzene rings is 1. The van der Waals surface area contributed by atoms with Crippen molar-refractivity contribution in [3.05, 3.63) is 42.5 Å². The standard InChI is InChI=1S/C24H31FN8O/c1-15(2)32(10-4-3-5-20-30-18-8-6-16(25)11-19(18)31-20)12-17-7-9-21(34-17)33-14-29-22-23(26)27-13-28-24(22)33/h6,8,11,13-15,17,21H,3-5,7,9-10,12H2,1-2H3,(H,30,31)(H2,26,27,28). The Balaban J connectivity index is 1.13. The highest BCUT2D eigenvalue weighted by molar-refractivity contribution is 5.81. The van der Waals surface area contributed by atoms with Crippen molar-refractivity contribution in [2.24, 2.45) is 0 Å². The lowest BCUT2D eigenvalue weighted by Gasteiger charge is -2.29. The molecular weight excluding hydrogens is 435 g/mol. The van der Waals surface area contributed by atoms with E-state index >= 15 is 0 Å². The Labute approximate surface area is 197 Å². The first-order valence-electron chi connectivity index (χ1n) is 11.9. The topological polar surface area (TPSA) is 111 Å². The van der Waals surface area contributed by atoms with Crippen LogP contribution < -0.4 is 5.73 Å². The van der Waals surface area contributed by atoms with Crippen LogP contribution in [-0.4, -0.2) is 59.6 Å². The van der Waals surface area contributed by atoms with Crippen LogP contribution in [0.4, 0.5) is 10.2 Å². The molecule has 1 aliphatic heterocycles. The third kappa shape index (κ3) is 4.74. The number of hydrogen-bond donors (Lipinski definition) is 2. The van der Waals surface area contributed by atoms with Crippen LogP contribution >= 0.6 is 0 Å². The molecule has 180 valence electrons. The Morgan fingerprint density at radius 2 is 2.12 bits per heavy atom. The van der Waals surface area contributed by atoms with Gasteiger partial charge in [-0.15, -0.1) is 0 Å². The third-order valence-corrected chi connectivity index (χ3v) is 6.55. The lowest BCUT2D eigenvalue weighted by molar-refractivity contribution is -0.0160. The van der Waals surface area contributed by atoms with Crippen LogP contribution in [0.5, 0.6) is 0 Å². The highest BCUT2D eigenvalue weighted by Gasteiger charge is 2.30. The Kier molecular flexibility index (Phi) is 6.42. The van der Waals surface area contributed by atoms with Gasteiger partial charge in [0.15, 0.2) is 11.5 Å². The lowest BCUT2D eigenvalue weighted by atomic mass is 10.1. The molecular formula is C24H31FN8O. The Morgan fingerprint density at radius 3 is 2.97 bits per heavy atom. The zero-order valence-electron chi connectivity index (χ0n) is 19.6. The van der Waals surface area contributed by atoms with Gasteiger partial charge in [0.2, 0.25) is 0 Å². The van der Waals surface area contributed by atoms with Crippen LogP contribution in [0.1, 0.15) is 51.6 Å². The minimum absolute atomic E-state index is 0.0868. The summed E-state index contributed by atoms with van der Waals surface area (Å²) in [6.07, 6.45) is 8.11. The van der Waals surface area contributed by atoms with Crippen molar-refractivity contribution in [2.75, 3.05) is 18.8 Å². The monoisotopic (exact) mass is 466 g/mol. The maximum atomic E-state index is 13.4. The van der Waals surface area contributed by atoms with Crippen molar-refractivity contribution < 1.29 is 9.13 Å². The summed E-state index contributed by atoms with van der Waals surface area (Å²) in [5.41, 5.74) is 8.82. The number of imidazole rings is 2. The maximum Gasteiger partial charge on any atom is 0.167 e. The predicted octanol–water partition coefficient (Wildman–Crippen LogP) is 3.83. The molecule has 3 aromatic heterocycles. The molecule has 1 saturated heterocycles. The molecule has 2 unspecified atom stereocenters. The van der Waals surface area contributed by atoms with Crippen molar-refractivity contribution >= 4 is 28.0 Å².